The standard InChI is InChI=1S/C18H18N4O2/c1-3-9-19-18(23)14-7-8-17-16(11-14)20-21-22(17)12-13-5-4-6-15(10-13)24-2/h3-8,10-11H,1,9,12H2,2H3,(H,19,23). The van der Waals surface area contributed by atoms with Crippen LogP contribution in [0.2, 0.25) is 0 Å². The second-order valence-electron chi connectivity index (χ2n) is 5.30. The van der Waals surface area contributed by atoms with E-state index in [9.17, 15) is 4.79 Å². The molecule has 2 aromatic carbocycles. The molecule has 3 rings (SSSR count). The first-order valence-corrected chi connectivity index (χ1v) is 7.56. The molecule has 0 aliphatic carbocycles. The summed E-state index contributed by atoms with van der Waals surface area (Å²) in [5, 5.41) is 11.1. The molecule has 0 radical (unpaired) electrons. The predicted octanol–water partition coefficient (Wildman–Crippen LogP) is 2.40. The van der Waals surface area contributed by atoms with Crippen molar-refractivity contribution >= 4 is 16.9 Å². The van der Waals surface area contributed by atoms with Crippen LogP contribution in [0.3, 0.4) is 0 Å². The van der Waals surface area contributed by atoms with Crippen LogP contribution < -0.4 is 10.1 Å². The van der Waals surface area contributed by atoms with Gasteiger partial charge in [-0.15, -0.1) is 11.7 Å². The van der Waals surface area contributed by atoms with Crippen molar-refractivity contribution in [2.24, 2.45) is 0 Å². The third-order valence-electron chi connectivity index (χ3n) is 3.65. The van der Waals surface area contributed by atoms with Gasteiger partial charge in [-0.1, -0.05) is 23.4 Å². The second kappa shape index (κ2) is 6.95. The summed E-state index contributed by atoms with van der Waals surface area (Å²) in [6, 6.07) is 13.2. The van der Waals surface area contributed by atoms with Crippen molar-refractivity contribution in [3.63, 3.8) is 0 Å². The Kier molecular flexibility index (Phi) is 4.56. The van der Waals surface area contributed by atoms with Crippen LogP contribution in [-0.2, 0) is 6.54 Å². The Hall–Kier alpha value is -3.15. The monoisotopic (exact) mass is 322 g/mol. The third-order valence-corrected chi connectivity index (χ3v) is 3.65. The Balaban J connectivity index is 1.85. The Bertz CT molecular complexity index is 886. The normalized spacial score (nSPS) is 10.5. The van der Waals surface area contributed by atoms with Crippen LogP contribution in [0.1, 0.15) is 15.9 Å². The van der Waals surface area contributed by atoms with Gasteiger partial charge in [0.1, 0.15) is 11.3 Å². The molecule has 0 atom stereocenters. The molecule has 1 N–H and O–H groups in total. The molecule has 3 aromatic rings. The third kappa shape index (κ3) is 3.27. The molecule has 1 heterocycles. The minimum atomic E-state index is -0.154. The topological polar surface area (TPSA) is 69.0 Å². The molecule has 0 saturated heterocycles. The molecule has 0 aliphatic rings. The molecule has 1 amide bonds. The van der Waals surface area contributed by atoms with E-state index in [2.05, 4.69) is 22.2 Å². The number of aromatic nitrogens is 3. The number of methoxy groups -OCH3 is 1. The molecule has 24 heavy (non-hydrogen) atoms. The summed E-state index contributed by atoms with van der Waals surface area (Å²) in [6.07, 6.45) is 1.64. The van der Waals surface area contributed by atoms with Crippen molar-refractivity contribution in [1.29, 1.82) is 0 Å². The average molecular weight is 322 g/mol. The number of nitrogens with zero attached hydrogens (tertiary/aromatic N) is 3. The number of hydrogen-bond acceptors (Lipinski definition) is 4. The highest BCUT2D eigenvalue weighted by Crippen LogP contribution is 2.17. The van der Waals surface area contributed by atoms with E-state index in [0.717, 1.165) is 16.8 Å². The van der Waals surface area contributed by atoms with Gasteiger partial charge < -0.3 is 10.1 Å². The first-order valence-electron chi connectivity index (χ1n) is 7.56. The highest BCUT2D eigenvalue weighted by molar-refractivity contribution is 5.97. The van der Waals surface area contributed by atoms with Gasteiger partial charge in [0.05, 0.1) is 19.2 Å². The van der Waals surface area contributed by atoms with E-state index in [1.807, 2.05) is 30.3 Å². The molecule has 0 unspecified atom stereocenters. The summed E-state index contributed by atoms with van der Waals surface area (Å²) in [5.41, 5.74) is 3.17. The molecular weight excluding hydrogens is 304 g/mol. The smallest absolute Gasteiger partial charge is 0.251 e. The van der Waals surface area contributed by atoms with E-state index in [0.29, 0.717) is 24.2 Å². The zero-order valence-corrected chi connectivity index (χ0v) is 13.4. The average Bonchev–Trinajstić information content (AvgIpc) is 3.02. The number of carbonyl (C=O) groups is 1. The minimum Gasteiger partial charge on any atom is -0.497 e. The fourth-order valence-electron chi connectivity index (χ4n) is 2.44. The Labute approximate surface area is 139 Å². The number of amides is 1. The molecule has 0 saturated carbocycles. The lowest BCUT2D eigenvalue weighted by Crippen LogP contribution is -2.23. The van der Waals surface area contributed by atoms with Crippen molar-refractivity contribution in [3.05, 3.63) is 66.2 Å². The highest BCUT2D eigenvalue weighted by Gasteiger charge is 2.10. The molecular formula is C18H18N4O2. The van der Waals surface area contributed by atoms with Crippen LogP contribution in [0.4, 0.5) is 0 Å². The lowest BCUT2D eigenvalue weighted by atomic mass is 10.1. The summed E-state index contributed by atoms with van der Waals surface area (Å²) in [6.45, 7) is 4.59. The van der Waals surface area contributed by atoms with Gasteiger partial charge in [0.25, 0.3) is 5.91 Å². The zero-order chi connectivity index (χ0) is 16.9. The number of fused-ring (bicyclic) bond motifs is 1. The molecule has 6 heteroatoms. The summed E-state index contributed by atoms with van der Waals surface area (Å²) in [5.74, 6) is 0.650. The summed E-state index contributed by atoms with van der Waals surface area (Å²) >= 11 is 0. The second-order valence-corrected chi connectivity index (χ2v) is 5.30. The van der Waals surface area contributed by atoms with Gasteiger partial charge in [-0.25, -0.2) is 4.68 Å². The Morgan fingerprint density at radius 2 is 2.21 bits per heavy atom. The largest absolute Gasteiger partial charge is 0.497 e. The molecule has 0 fully saturated rings. The van der Waals surface area contributed by atoms with Crippen LogP contribution in [0.5, 0.6) is 5.75 Å². The molecule has 122 valence electrons. The first kappa shape index (κ1) is 15.7. The zero-order valence-electron chi connectivity index (χ0n) is 13.4. The van der Waals surface area contributed by atoms with E-state index in [1.54, 1.807) is 30.0 Å². The lowest BCUT2D eigenvalue weighted by Gasteiger charge is -2.06. The maximum atomic E-state index is 12.0. The highest BCUT2D eigenvalue weighted by atomic mass is 16.5. The SMILES string of the molecule is C=CCNC(=O)c1ccc2c(c1)nnn2Cc1cccc(OC)c1. The number of carbonyl (C=O) groups excluding carboxylic acids is 1. The Morgan fingerprint density at radius 1 is 1.33 bits per heavy atom. The van der Waals surface area contributed by atoms with E-state index in [-0.39, 0.29) is 5.91 Å². The number of benzene rings is 2. The lowest BCUT2D eigenvalue weighted by molar-refractivity contribution is 0.0958. The maximum absolute atomic E-state index is 12.0. The van der Waals surface area contributed by atoms with Crippen molar-refractivity contribution < 1.29 is 9.53 Å². The van der Waals surface area contributed by atoms with Crippen LogP contribution in [-0.4, -0.2) is 34.6 Å². The van der Waals surface area contributed by atoms with Gasteiger partial charge in [-0.05, 0) is 35.9 Å². The van der Waals surface area contributed by atoms with Gasteiger partial charge >= 0.3 is 0 Å². The fourth-order valence-corrected chi connectivity index (χ4v) is 2.44. The summed E-state index contributed by atoms with van der Waals surface area (Å²) < 4.78 is 7.04. The number of nitrogens with one attached hydrogen (secondary N) is 1. The minimum absolute atomic E-state index is 0.154. The van der Waals surface area contributed by atoms with Crippen LogP contribution in [0.25, 0.3) is 11.0 Å². The molecule has 1 aromatic heterocycles. The van der Waals surface area contributed by atoms with Crippen molar-refractivity contribution in [1.82, 2.24) is 20.3 Å². The van der Waals surface area contributed by atoms with E-state index < -0.39 is 0 Å². The molecule has 0 aliphatic heterocycles. The number of ether oxygens (including phenoxy) is 1. The van der Waals surface area contributed by atoms with Gasteiger partial charge in [-0.3, -0.25) is 4.79 Å². The maximum Gasteiger partial charge on any atom is 0.251 e. The quantitative estimate of drug-likeness (QED) is 0.708. The van der Waals surface area contributed by atoms with Crippen molar-refractivity contribution in [2.75, 3.05) is 13.7 Å². The van der Waals surface area contributed by atoms with E-state index >= 15 is 0 Å². The van der Waals surface area contributed by atoms with Gasteiger partial charge in [0.2, 0.25) is 0 Å². The summed E-state index contributed by atoms with van der Waals surface area (Å²) in [7, 11) is 1.64. The van der Waals surface area contributed by atoms with Crippen LogP contribution in [0.15, 0.2) is 55.1 Å². The van der Waals surface area contributed by atoms with Gasteiger partial charge in [-0.2, -0.15) is 0 Å². The molecule has 0 bridgehead atoms. The van der Waals surface area contributed by atoms with Gasteiger partial charge in [0, 0.05) is 12.1 Å². The summed E-state index contributed by atoms with van der Waals surface area (Å²) in [4.78, 5) is 12.0. The predicted molar refractivity (Wildman–Crippen MR) is 92.2 cm³/mol. The molecule has 0 spiro atoms. The number of hydrogen-bond donors (Lipinski definition) is 1. The molecule has 6 nitrogen and oxygen atoms in total. The van der Waals surface area contributed by atoms with Crippen LogP contribution in [0, 0.1) is 0 Å². The van der Waals surface area contributed by atoms with E-state index in [1.165, 1.54) is 0 Å². The van der Waals surface area contributed by atoms with Crippen molar-refractivity contribution in [3.8, 4) is 5.75 Å². The van der Waals surface area contributed by atoms with Crippen molar-refractivity contribution in [2.45, 2.75) is 6.54 Å². The van der Waals surface area contributed by atoms with Crippen LogP contribution >= 0.6 is 0 Å². The Morgan fingerprint density at radius 3 is 3.00 bits per heavy atom. The first-order chi connectivity index (χ1) is 11.7. The fraction of sp³-hybridized carbons (Fsp3) is 0.167. The van der Waals surface area contributed by atoms with E-state index in [4.69, 9.17) is 4.74 Å². The number of rotatable bonds is 6. The van der Waals surface area contributed by atoms with Gasteiger partial charge in [0.15, 0.2) is 0 Å².